The van der Waals surface area contributed by atoms with Gasteiger partial charge in [0.15, 0.2) is 0 Å². The number of benzene rings is 3. The Labute approximate surface area is 172 Å². The molecule has 0 unspecified atom stereocenters. The van der Waals surface area contributed by atoms with Crippen LogP contribution in [0.3, 0.4) is 0 Å². The van der Waals surface area contributed by atoms with Gasteiger partial charge in [0.05, 0.1) is 17.1 Å². The maximum atomic E-state index is 13.0. The van der Waals surface area contributed by atoms with Crippen molar-refractivity contribution in [1.29, 1.82) is 0 Å². The summed E-state index contributed by atoms with van der Waals surface area (Å²) in [5.74, 6) is -0.370. The number of rotatable bonds is 5. The van der Waals surface area contributed by atoms with Gasteiger partial charge in [-0.15, -0.1) is 0 Å². The molecule has 148 valence electrons. The fraction of sp³-hybridized carbons (Fsp3) is 0.269. The third-order valence-electron chi connectivity index (χ3n) is 6.06. The van der Waals surface area contributed by atoms with Gasteiger partial charge in [0.2, 0.25) is 0 Å². The van der Waals surface area contributed by atoms with E-state index in [0.29, 0.717) is 12.0 Å². The Kier molecular flexibility index (Phi) is 5.50. The number of hydrogen-bond acceptors (Lipinski definition) is 3. The van der Waals surface area contributed by atoms with Crippen LogP contribution in [-0.2, 0) is 10.2 Å². The molecule has 0 saturated heterocycles. The first-order valence-corrected chi connectivity index (χ1v) is 10.2. The standard InChI is InChI=1S/C26H26O3/c1-19-14-16-22(17-15-19)26(18-8-13-23(26)27)24(20-9-4-2-5-10-20)29-25(28)21-11-6-3-7-12-21/h2-7,9-12,14-17,23-24,27H,8,13,18H2,1H3/t23-,24-,26+/m0/s1. The molecule has 3 heteroatoms. The van der Waals surface area contributed by atoms with E-state index in [1.165, 1.54) is 0 Å². The number of hydrogen-bond donors (Lipinski definition) is 1. The lowest BCUT2D eigenvalue weighted by Crippen LogP contribution is -2.43. The second kappa shape index (κ2) is 8.22. The van der Waals surface area contributed by atoms with E-state index in [-0.39, 0.29) is 5.97 Å². The molecule has 1 aliphatic rings. The first-order valence-electron chi connectivity index (χ1n) is 10.2. The van der Waals surface area contributed by atoms with Gasteiger partial charge >= 0.3 is 5.97 Å². The van der Waals surface area contributed by atoms with Crippen LogP contribution in [0.4, 0.5) is 0 Å². The van der Waals surface area contributed by atoms with Crippen molar-refractivity contribution in [3.63, 3.8) is 0 Å². The van der Waals surface area contributed by atoms with Gasteiger partial charge in [-0.2, -0.15) is 0 Å². The number of aliphatic hydroxyl groups is 1. The largest absolute Gasteiger partial charge is 0.453 e. The number of aliphatic hydroxyl groups excluding tert-OH is 1. The van der Waals surface area contributed by atoms with Crippen molar-refractivity contribution in [3.8, 4) is 0 Å². The number of esters is 1. The number of aryl methyl sites for hydroxylation is 1. The molecule has 0 aromatic heterocycles. The second-order valence-electron chi connectivity index (χ2n) is 7.88. The van der Waals surface area contributed by atoms with Gasteiger partial charge in [0, 0.05) is 0 Å². The molecule has 0 aliphatic heterocycles. The summed E-state index contributed by atoms with van der Waals surface area (Å²) in [4.78, 5) is 13.0. The fourth-order valence-electron chi connectivity index (χ4n) is 4.52. The van der Waals surface area contributed by atoms with Crippen LogP contribution in [0, 0.1) is 6.92 Å². The van der Waals surface area contributed by atoms with Crippen molar-refractivity contribution < 1.29 is 14.6 Å². The van der Waals surface area contributed by atoms with E-state index in [0.717, 1.165) is 29.5 Å². The van der Waals surface area contributed by atoms with Gasteiger partial charge in [-0.25, -0.2) is 4.79 Å². The third-order valence-corrected chi connectivity index (χ3v) is 6.06. The van der Waals surface area contributed by atoms with E-state index in [9.17, 15) is 9.90 Å². The predicted octanol–water partition coefficient (Wildman–Crippen LogP) is 5.38. The fourth-order valence-corrected chi connectivity index (χ4v) is 4.52. The van der Waals surface area contributed by atoms with E-state index in [4.69, 9.17) is 4.74 Å². The van der Waals surface area contributed by atoms with Crippen molar-refractivity contribution >= 4 is 5.97 Å². The molecule has 3 aromatic rings. The lowest BCUT2D eigenvalue weighted by atomic mass is 9.70. The van der Waals surface area contributed by atoms with Crippen molar-refractivity contribution in [2.24, 2.45) is 0 Å². The summed E-state index contributed by atoms with van der Waals surface area (Å²) in [7, 11) is 0. The molecule has 0 amide bonds. The molecule has 0 radical (unpaired) electrons. The average molecular weight is 386 g/mol. The van der Waals surface area contributed by atoms with Crippen LogP contribution in [0.2, 0.25) is 0 Å². The molecule has 1 aliphatic carbocycles. The predicted molar refractivity (Wildman–Crippen MR) is 114 cm³/mol. The van der Waals surface area contributed by atoms with Crippen LogP contribution in [0.15, 0.2) is 84.9 Å². The minimum absolute atomic E-state index is 0.370. The normalized spacial score (nSPS) is 22.2. The van der Waals surface area contributed by atoms with Gasteiger partial charge in [-0.3, -0.25) is 0 Å². The summed E-state index contributed by atoms with van der Waals surface area (Å²) in [5, 5.41) is 11.2. The molecule has 0 bridgehead atoms. The van der Waals surface area contributed by atoms with Crippen LogP contribution >= 0.6 is 0 Å². The topological polar surface area (TPSA) is 46.5 Å². The molecule has 29 heavy (non-hydrogen) atoms. The molecule has 3 nitrogen and oxygen atoms in total. The maximum absolute atomic E-state index is 13.0. The van der Waals surface area contributed by atoms with E-state index in [1.54, 1.807) is 12.1 Å². The zero-order chi connectivity index (χ0) is 20.3. The molecular formula is C26H26O3. The highest BCUT2D eigenvalue weighted by atomic mass is 16.5. The summed E-state index contributed by atoms with van der Waals surface area (Å²) >= 11 is 0. The number of carbonyl (C=O) groups is 1. The van der Waals surface area contributed by atoms with Crippen LogP contribution < -0.4 is 0 Å². The molecular weight excluding hydrogens is 360 g/mol. The van der Waals surface area contributed by atoms with Gasteiger partial charge in [0.1, 0.15) is 6.10 Å². The molecule has 1 fully saturated rings. The summed E-state index contributed by atoms with van der Waals surface area (Å²) in [5.41, 5.74) is 2.93. The van der Waals surface area contributed by atoms with E-state index in [2.05, 4.69) is 24.3 Å². The highest BCUT2D eigenvalue weighted by molar-refractivity contribution is 5.89. The smallest absolute Gasteiger partial charge is 0.338 e. The monoisotopic (exact) mass is 386 g/mol. The highest BCUT2D eigenvalue weighted by Gasteiger charge is 2.52. The number of carbonyl (C=O) groups excluding carboxylic acids is 1. The van der Waals surface area contributed by atoms with Crippen molar-refractivity contribution in [3.05, 3.63) is 107 Å². The molecule has 0 heterocycles. The molecule has 3 aromatic carbocycles. The maximum Gasteiger partial charge on any atom is 0.338 e. The zero-order valence-corrected chi connectivity index (χ0v) is 16.6. The Morgan fingerprint density at radius 3 is 2.17 bits per heavy atom. The lowest BCUT2D eigenvalue weighted by molar-refractivity contribution is -0.0282. The van der Waals surface area contributed by atoms with Gasteiger partial charge in [0.25, 0.3) is 0 Å². The Morgan fingerprint density at radius 2 is 1.59 bits per heavy atom. The highest BCUT2D eigenvalue weighted by Crippen LogP contribution is 2.51. The SMILES string of the molecule is Cc1ccc([C@]2([C@@H](OC(=O)c3ccccc3)c3ccccc3)CCC[C@@H]2O)cc1. The van der Waals surface area contributed by atoms with Crippen LogP contribution in [0.1, 0.15) is 52.4 Å². The molecule has 0 spiro atoms. The quantitative estimate of drug-likeness (QED) is 0.599. The molecule has 4 rings (SSSR count). The van der Waals surface area contributed by atoms with Crippen LogP contribution in [0.5, 0.6) is 0 Å². The Balaban J connectivity index is 1.81. The van der Waals surface area contributed by atoms with Gasteiger partial charge < -0.3 is 9.84 Å². The van der Waals surface area contributed by atoms with Gasteiger partial charge in [-0.05, 0) is 49.4 Å². The first-order chi connectivity index (χ1) is 14.1. The lowest BCUT2D eigenvalue weighted by Gasteiger charge is -2.40. The minimum Gasteiger partial charge on any atom is -0.453 e. The van der Waals surface area contributed by atoms with Gasteiger partial charge in [-0.1, -0.05) is 78.4 Å². The van der Waals surface area contributed by atoms with Crippen LogP contribution in [-0.4, -0.2) is 17.2 Å². The first kappa shape index (κ1) is 19.4. The van der Waals surface area contributed by atoms with E-state index < -0.39 is 17.6 Å². The molecule has 1 saturated carbocycles. The summed E-state index contributed by atoms with van der Waals surface area (Å²) in [6, 6.07) is 27.1. The Bertz CT molecular complexity index is 950. The van der Waals surface area contributed by atoms with Crippen molar-refractivity contribution in [2.75, 3.05) is 0 Å². The Morgan fingerprint density at radius 1 is 0.966 bits per heavy atom. The van der Waals surface area contributed by atoms with Crippen LogP contribution in [0.25, 0.3) is 0 Å². The average Bonchev–Trinajstić information content (AvgIpc) is 3.15. The minimum atomic E-state index is -0.667. The van der Waals surface area contributed by atoms with E-state index in [1.807, 2.05) is 55.5 Å². The van der Waals surface area contributed by atoms with Crippen molar-refractivity contribution in [1.82, 2.24) is 0 Å². The third kappa shape index (κ3) is 3.70. The molecule has 3 atom stereocenters. The summed E-state index contributed by atoms with van der Waals surface area (Å²) in [6.07, 6.45) is 1.19. The Hall–Kier alpha value is -2.91. The van der Waals surface area contributed by atoms with E-state index >= 15 is 0 Å². The second-order valence-corrected chi connectivity index (χ2v) is 7.88. The summed E-state index contributed by atoms with van der Waals surface area (Å²) < 4.78 is 6.17. The molecule has 1 N–H and O–H groups in total. The van der Waals surface area contributed by atoms with Crippen molar-refractivity contribution in [2.45, 2.75) is 43.8 Å². The summed E-state index contributed by atoms with van der Waals surface area (Å²) in [6.45, 7) is 2.05. The number of ether oxygens (including phenoxy) is 1. The zero-order valence-electron chi connectivity index (χ0n) is 16.6.